The summed E-state index contributed by atoms with van der Waals surface area (Å²) in [5.74, 6) is 0. The van der Waals surface area contributed by atoms with Crippen LogP contribution in [0.2, 0.25) is 0 Å². The van der Waals surface area contributed by atoms with Crippen LogP contribution in [-0.4, -0.2) is 22.8 Å². The summed E-state index contributed by atoms with van der Waals surface area (Å²) in [4.78, 5) is 5.45. The number of fused-ring (bicyclic) bond motifs is 34. The third-order valence-corrected chi connectivity index (χ3v) is 31.1. The summed E-state index contributed by atoms with van der Waals surface area (Å²) in [5, 5.41) is 19.6. The van der Waals surface area contributed by atoms with Gasteiger partial charge >= 0.3 is 13.7 Å². The van der Waals surface area contributed by atoms with Crippen molar-refractivity contribution in [2.24, 2.45) is 0 Å². The Morgan fingerprint density at radius 3 is 1.23 bits per heavy atom. The molecule has 0 saturated heterocycles. The minimum atomic E-state index is -0.296. The van der Waals surface area contributed by atoms with Crippen LogP contribution in [-0.2, 0) is 17.3 Å². The number of benzene rings is 16. The lowest BCUT2D eigenvalue weighted by Crippen LogP contribution is -2.60. The molecule has 0 saturated carbocycles. The minimum Gasteiger partial charge on any atom is -0.456 e. The van der Waals surface area contributed by atoms with E-state index in [1.165, 1.54) is 177 Å². The van der Waals surface area contributed by atoms with Crippen molar-refractivity contribution < 1.29 is 13.3 Å². The molecule has 118 heavy (non-hydrogen) atoms. The number of thiophene rings is 3. The van der Waals surface area contributed by atoms with Gasteiger partial charge in [-0.15, -0.1) is 34.0 Å². The Morgan fingerprint density at radius 2 is 0.720 bits per heavy atom. The Bertz CT molecular complexity index is 8770. The summed E-state index contributed by atoms with van der Waals surface area (Å²) in [6.45, 7) is 13.9. The van der Waals surface area contributed by atoms with Crippen molar-refractivity contribution in [2.45, 2.75) is 65.2 Å². The van der Waals surface area contributed by atoms with Crippen LogP contribution in [0.5, 0.6) is 0 Å². The van der Waals surface area contributed by atoms with Gasteiger partial charge in [-0.05, 0) is 189 Å². The number of aryl methyl sites for hydroxylation is 2. The molecular weight excluding hydrogens is 1500 g/mol. The molecular formula is C106H68B2N4O3S3. The van der Waals surface area contributed by atoms with Crippen LogP contribution in [0.1, 0.15) is 63.3 Å². The molecule has 554 valence electrons. The van der Waals surface area contributed by atoms with E-state index in [1.54, 1.807) is 0 Å². The smallest absolute Gasteiger partial charge is 0.333 e. The quantitative estimate of drug-likeness (QED) is 0.155. The molecule has 0 aliphatic carbocycles. The van der Waals surface area contributed by atoms with Gasteiger partial charge in [-0.25, -0.2) is 0 Å². The highest BCUT2D eigenvalue weighted by molar-refractivity contribution is 7.26. The first kappa shape index (κ1) is 65.1. The third kappa shape index (κ3) is 8.49. The van der Waals surface area contributed by atoms with E-state index in [1.807, 2.05) is 34.0 Å². The molecule has 8 aromatic heterocycles. The van der Waals surface area contributed by atoms with Crippen molar-refractivity contribution in [3.8, 4) is 33.6 Å². The predicted octanol–water partition coefficient (Wildman–Crippen LogP) is 27.7. The maximum absolute atomic E-state index is 6.99. The van der Waals surface area contributed by atoms with Crippen molar-refractivity contribution in [1.29, 1.82) is 0 Å². The van der Waals surface area contributed by atoms with Gasteiger partial charge in [0.25, 0.3) is 0 Å². The molecule has 4 aliphatic heterocycles. The highest BCUT2D eigenvalue weighted by atomic mass is 32.1. The van der Waals surface area contributed by atoms with Crippen LogP contribution in [0.15, 0.2) is 292 Å². The maximum Gasteiger partial charge on any atom is 0.333 e. The molecule has 28 rings (SSSR count). The molecule has 0 N–H and O–H groups in total. The molecule has 0 fully saturated rings. The van der Waals surface area contributed by atoms with Crippen LogP contribution in [0, 0.1) is 6.92 Å². The molecule has 12 heterocycles. The van der Waals surface area contributed by atoms with Gasteiger partial charge in [0.05, 0.1) is 22.1 Å². The van der Waals surface area contributed by atoms with Gasteiger partial charge in [0.1, 0.15) is 33.5 Å². The van der Waals surface area contributed by atoms with Crippen molar-refractivity contribution >= 4 is 262 Å². The fourth-order valence-electron chi connectivity index (χ4n) is 22.1. The zero-order valence-electron chi connectivity index (χ0n) is 65.4. The fraction of sp³-hybridized carbons (Fsp3) is 0.0943. The molecule has 0 bridgehead atoms. The van der Waals surface area contributed by atoms with Gasteiger partial charge in [-0.1, -0.05) is 192 Å². The standard InChI is InChI=1S/C106H68B2N4O3S3/c1-55-41-75-67-49-96-73(65-23-11-17-29-94(65)116-96)47-83(67)112(108-80-46-72-64-22-10-16-28-93(64)118-98(72)54-86(80)110-81-51-90-69(61-19-7-13-25-87(61)113-90)43-77(81)99(55)103(110)101(75)108)60-37-33-58(34-38-60)106(5,6)40-39-56-42-76-68-50-97-74(66-24-12-18-30-95(66)117-97)48-84(68)111(59-35-31-57(32-36-59)105(2,3)4)107-79-45-71-63-21-9-15-27-89(63)115-92(71)53-85(79)109-82-52-91-70(62-20-8-14-26-88(62)114-91)44-78(82)100(56)104(109)102(76)107/h7-38,41-54H,39-40H2,1-6H3. The van der Waals surface area contributed by atoms with Crippen LogP contribution < -0.4 is 31.5 Å². The lowest BCUT2D eigenvalue weighted by Gasteiger charge is -2.42. The minimum absolute atomic E-state index is 0.0345. The second-order valence-corrected chi connectivity index (χ2v) is 38.7. The van der Waals surface area contributed by atoms with Crippen LogP contribution in [0.25, 0.3) is 204 Å². The number of hydrogen-bond donors (Lipinski definition) is 0. The van der Waals surface area contributed by atoms with Gasteiger partial charge in [-0.2, -0.15) is 0 Å². The Balaban J connectivity index is 0.656. The topological polar surface area (TPSA) is 55.8 Å². The van der Waals surface area contributed by atoms with E-state index < -0.39 is 0 Å². The summed E-state index contributed by atoms with van der Waals surface area (Å²) in [6, 6.07) is 107. The Morgan fingerprint density at radius 1 is 0.314 bits per heavy atom. The van der Waals surface area contributed by atoms with E-state index in [2.05, 4.69) is 339 Å². The molecule has 24 aromatic rings. The summed E-state index contributed by atoms with van der Waals surface area (Å²) in [5.41, 5.74) is 32.4. The second kappa shape index (κ2) is 22.5. The third-order valence-electron chi connectivity index (χ3n) is 27.7. The van der Waals surface area contributed by atoms with Crippen LogP contribution >= 0.6 is 34.0 Å². The monoisotopic (exact) mass is 1560 g/mol. The van der Waals surface area contributed by atoms with E-state index >= 15 is 0 Å². The van der Waals surface area contributed by atoms with E-state index in [0.29, 0.717) is 0 Å². The second-order valence-electron chi connectivity index (χ2n) is 35.4. The first-order valence-corrected chi connectivity index (χ1v) is 43.7. The predicted molar refractivity (Wildman–Crippen MR) is 505 cm³/mol. The Kier molecular flexibility index (Phi) is 12.4. The lowest BCUT2D eigenvalue weighted by molar-refractivity contribution is 0.481. The molecule has 0 radical (unpaired) electrons. The van der Waals surface area contributed by atoms with E-state index in [0.717, 1.165) is 107 Å². The zero-order valence-corrected chi connectivity index (χ0v) is 67.8. The van der Waals surface area contributed by atoms with Gasteiger partial charge in [-0.3, -0.25) is 0 Å². The number of para-hydroxylation sites is 3. The molecule has 0 unspecified atom stereocenters. The van der Waals surface area contributed by atoms with Gasteiger partial charge in [0.15, 0.2) is 0 Å². The molecule has 12 heteroatoms. The van der Waals surface area contributed by atoms with Crippen LogP contribution in [0.3, 0.4) is 0 Å². The average Bonchev–Trinajstić information content (AvgIpc) is 1.47. The van der Waals surface area contributed by atoms with Crippen LogP contribution in [0.4, 0.5) is 22.7 Å². The summed E-state index contributed by atoms with van der Waals surface area (Å²) in [6.07, 6.45) is 1.69. The lowest BCUT2D eigenvalue weighted by atomic mass is 9.43. The number of hydrogen-bond acceptors (Lipinski definition) is 8. The van der Waals surface area contributed by atoms with Gasteiger partial charge < -0.3 is 32.0 Å². The number of anilines is 4. The van der Waals surface area contributed by atoms with E-state index in [4.69, 9.17) is 13.3 Å². The average molecular weight is 1560 g/mol. The molecule has 16 aromatic carbocycles. The normalized spacial score (nSPS) is 13.8. The first-order valence-electron chi connectivity index (χ1n) is 41.3. The molecule has 0 amide bonds. The molecule has 0 atom stereocenters. The number of aromatic nitrogens is 2. The van der Waals surface area contributed by atoms with Crippen molar-refractivity contribution in [3.05, 3.63) is 301 Å². The number of furan rings is 3. The number of rotatable bonds is 6. The number of nitrogens with zero attached hydrogens (tertiary/aromatic N) is 4. The van der Waals surface area contributed by atoms with Gasteiger partial charge in [0.2, 0.25) is 0 Å². The SMILES string of the molecule is Cc1cc2c3c4c1c1cc5c(cc1n4-c1cc4sc6ccccc6c4cc1B3N(c1ccc(C(C)(C)CCc3cc4c6c7c3c3cc8c(cc3n7-c3cc7oc9ccccc9c7cc3B6N(c3ccc(C(C)(C)C)cc3)c3cc6c(cc3-4)sc3ccccc36)oc3ccccc38)cc1)c1cc3c(cc1-2)sc1ccccc13)oc1ccccc15. The van der Waals surface area contributed by atoms with Crippen molar-refractivity contribution in [2.75, 3.05) is 9.62 Å². The highest BCUT2D eigenvalue weighted by Crippen LogP contribution is 2.55. The van der Waals surface area contributed by atoms with Gasteiger partial charge in [0, 0.05) is 178 Å². The highest BCUT2D eigenvalue weighted by Gasteiger charge is 2.48. The van der Waals surface area contributed by atoms with Crippen molar-refractivity contribution in [3.63, 3.8) is 0 Å². The molecule has 0 spiro atoms. The zero-order chi connectivity index (χ0) is 77.5. The maximum atomic E-state index is 6.99. The van der Waals surface area contributed by atoms with Crippen molar-refractivity contribution in [1.82, 2.24) is 9.13 Å². The molecule has 7 nitrogen and oxygen atoms in total. The summed E-state index contributed by atoms with van der Waals surface area (Å²) in [7, 11) is 0. The fourth-order valence-corrected chi connectivity index (χ4v) is 25.5. The van der Waals surface area contributed by atoms with E-state index in [9.17, 15) is 0 Å². The van der Waals surface area contributed by atoms with E-state index in [-0.39, 0.29) is 24.5 Å². The largest absolute Gasteiger partial charge is 0.456 e. The first-order chi connectivity index (χ1) is 57.7. The Hall–Kier alpha value is -13.1. The molecule has 4 aliphatic rings. The summed E-state index contributed by atoms with van der Waals surface area (Å²) >= 11 is 5.71. The Labute approximate surface area is 689 Å². The summed E-state index contributed by atoms with van der Waals surface area (Å²) < 4.78 is 33.8.